The fourth-order valence-electron chi connectivity index (χ4n) is 2.51. The topological polar surface area (TPSA) is 102 Å². The average molecular weight is 327 g/mol. The van der Waals surface area contributed by atoms with Gasteiger partial charge in [0, 0.05) is 6.07 Å². The fourth-order valence-corrected chi connectivity index (χ4v) is 2.51. The van der Waals surface area contributed by atoms with Crippen molar-refractivity contribution in [1.29, 1.82) is 0 Å². The van der Waals surface area contributed by atoms with Crippen molar-refractivity contribution in [2.45, 2.75) is 19.9 Å². The van der Waals surface area contributed by atoms with Crippen molar-refractivity contribution in [3.05, 3.63) is 41.9 Å². The summed E-state index contributed by atoms with van der Waals surface area (Å²) in [6, 6.07) is 9.17. The first-order valence-corrected chi connectivity index (χ1v) is 7.64. The third kappa shape index (κ3) is 3.15. The highest BCUT2D eigenvalue weighted by atomic mass is 16.5. The molecule has 2 heterocycles. The van der Waals surface area contributed by atoms with Gasteiger partial charge >= 0.3 is 6.09 Å². The molecule has 0 saturated carbocycles. The van der Waals surface area contributed by atoms with Crippen LogP contribution in [0.3, 0.4) is 0 Å². The molecule has 124 valence electrons. The number of carbonyl (C=O) groups excluding carboxylic acids is 1. The van der Waals surface area contributed by atoms with Gasteiger partial charge in [-0.05, 0) is 19.4 Å². The molecule has 3 rings (SSSR count). The summed E-state index contributed by atoms with van der Waals surface area (Å²) in [6.07, 6.45) is -0.588. The first-order chi connectivity index (χ1) is 12.0. The number of aliphatic imine (C=N–C) groups is 1. The highest BCUT2D eigenvalue weighted by Crippen LogP contribution is 2.37. The van der Waals surface area contributed by atoms with Crippen molar-refractivity contribution >= 4 is 34.8 Å². The molecule has 1 aliphatic rings. The second-order valence-electron chi connectivity index (χ2n) is 5.29. The van der Waals surface area contributed by atoms with E-state index in [0.29, 0.717) is 23.2 Å². The normalized spacial score (nSPS) is 16.3. The molecule has 0 unspecified atom stereocenters. The van der Waals surface area contributed by atoms with Crippen LogP contribution in [0.25, 0.3) is 0 Å². The van der Waals surface area contributed by atoms with Gasteiger partial charge in [-0.2, -0.15) is 0 Å². The van der Waals surface area contributed by atoms with Gasteiger partial charge in [0.25, 0.3) is 0 Å². The quantitative estimate of drug-likeness (QED) is 0.803. The number of carbonyl (C=O) groups is 1. The van der Waals surface area contributed by atoms with E-state index in [9.17, 15) is 4.79 Å². The van der Waals surface area contributed by atoms with E-state index in [1.165, 1.54) is 0 Å². The summed E-state index contributed by atoms with van der Waals surface area (Å²) in [4.78, 5) is 20.3. The maximum atomic E-state index is 11.5. The Balaban J connectivity index is 1.97. The number of aromatic nitrogens is 1. The molecule has 0 saturated heterocycles. The number of ether oxygens (including phenoxy) is 1. The Morgan fingerprint density at radius 1 is 1.50 bits per heavy atom. The maximum absolute atomic E-state index is 11.5. The van der Waals surface area contributed by atoms with Gasteiger partial charge in [-0.25, -0.2) is 14.8 Å². The van der Waals surface area contributed by atoms with Gasteiger partial charge in [-0.1, -0.05) is 30.3 Å². The minimum absolute atomic E-state index is 0.0912. The Labute approximate surface area is 141 Å². The number of hydrogen-bond donors (Lipinski definition) is 3. The first-order valence-electron chi connectivity index (χ1n) is 8.14. The molecule has 7 nitrogen and oxygen atoms in total. The van der Waals surface area contributed by atoms with Crippen LogP contribution in [0.4, 0.5) is 27.8 Å². The number of nitrogens with two attached hydrogens (primary N) is 1. The minimum Gasteiger partial charge on any atom is -0.450 e. The zero-order valence-corrected chi connectivity index (χ0v) is 13.5. The molecule has 1 aromatic heterocycles. The summed E-state index contributed by atoms with van der Waals surface area (Å²) in [7, 11) is 0. The highest BCUT2D eigenvalue weighted by molar-refractivity contribution is 6.10. The standard InChI is InChI=1S/C17H19N5O2/c1-3-24-17(23)21-13-9-12-15(16(18)20-13)22-14(10(2)19-12)11-7-5-4-6-8-11/h4-10,19H,3H2,1-2H3,(H3,18,20,21,23)/t10-/m0/s1/i5T. The van der Waals surface area contributed by atoms with Crippen molar-refractivity contribution in [2.75, 3.05) is 23.0 Å². The van der Waals surface area contributed by atoms with E-state index in [-0.39, 0.29) is 18.5 Å². The van der Waals surface area contributed by atoms with Crippen molar-refractivity contribution < 1.29 is 10.9 Å². The van der Waals surface area contributed by atoms with Crippen LogP contribution in [0, 0.1) is 0 Å². The number of anilines is 3. The summed E-state index contributed by atoms with van der Waals surface area (Å²) in [5, 5.41) is 5.84. The van der Waals surface area contributed by atoms with Gasteiger partial charge in [0.05, 0.1) is 25.4 Å². The predicted molar refractivity (Wildman–Crippen MR) is 95.0 cm³/mol. The smallest absolute Gasteiger partial charge is 0.412 e. The summed E-state index contributed by atoms with van der Waals surface area (Å²) in [6.45, 7) is 3.96. The number of nitrogens with zero attached hydrogens (tertiary/aromatic N) is 2. The first kappa shape index (κ1) is 14.5. The SMILES string of the molecule is [3H]c1cccc(C2=Nc3c(cc(NC(=O)OCC)nc3N)N[C@H]2C)c1. The second kappa shape index (κ2) is 6.57. The van der Waals surface area contributed by atoms with Gasteiger partial charge in [-0.3, -0.25) is 5.32 Å². The number of pyridine rings is 1. The number of amides is 1. The van der Waals surface area contributed by atoms with E-state index in [2.05, 4.69) is 20.6 Å². The van der Waals surface area contributed by atoms with Gasteiger partial charge in [0.1, 0.15) is 11.5 Å². The molecule has 1 aliphatic heterocycles. The van der Waals surface area contributed by atoms with Crippen molar-refractivity contribution in [3.8, 4) is 0 Å². The van der Waals surface area contributed by atoms with Crippen molar-refractivity contribution in [2.24, 2.45) is 4.99 Å². The minimum atomic E-state index is -0.588. The number of nitrogens with one attached hydrogen (secondary N) is 2. The fraction of sp³-hybridized carbons (Fsp3) is 0.235. The van der Waals surface area contributed by atoms with E-state index < -0.39 is 6.09 Å². The third-order valence-electron chi connectivity index (χ3n) is 3.54. The van der Waals surface area contributed by atoms with E-state index in [4.69, 9.17) is 11.8 Å². The van der Waals surface area contributed by atoms with Gasteiger partial charge in [0.15, 0.2) is 5.82 Å². The highest BCUT2D eigenvalue weighted by Gasteiger charge is 2.23. The average Bonchev–Trinajstić information content (AvgIpc) is 2.54. The maximum Gasteiger partial charge on any atom is 0.412 e. The second-order valence-corrected chi connectivity index (χ2v) is 5.29. The van der Waals surface area contributed by atoms with Gasteiger partial charge in [0.2, 0.25) is 0 Å². The number of benzene rings is 1. The molecule has 0 aliphatic carbocycles. The monoisotopic (exact) mass is 327 g/mol. The lowest BCUT2D eigenvalue weighted by Gasteiger charge is -2.25. The van der Waals surface area contributed by atoms with E-state index in [1.807, 2.05) is 19.1 Å². The van der Waals surface area contributed by atoms with E-state index in [1.54, 1.807) is 25.1 Å². The molecule has 0 spiro atoms. The predicted octanol–water partition coefficient (Wildman–Crippen LogP) is 3.17. The molecule has 2 aromatic rings. The number of fused-ring (bicyclic) bond motifs is 1. The summed E-state index contributed by atoms with van der Waals surface area (Å²) in [5.41, 5.74) is 8.84. The van der Waals surface area contributed by atoms with Crippen LogP contribution in [0.15, 0.2) is 41.4 Å². The molecule has 7 heteroatoms. The molecule has 0 fully saturated rings. The molecule has 1 amide bonds. The largest absolute Gasteiger partial charge is 0.450 e. The zero-order chi connectivity index (χ0) is 18.0. The van der Waals surface area contributed by atoms with Crippen LogP contribution in [0.2, 0.25) is 0 Å². The lowest BCUT2D eigenvalue weighted by molar-refractivity contribution is 0.168. The Kier molecular flexibility index (Phi) is 3.97. The molecule has 24 heavy (non-hydrogen) atoms. The molecule has 0 radical (unpaired) electrons. The van der Waals surface area contributed by atoms with Crippen molar-refractivity contribution in [3.63, 3.8) is 0 Å². The van der Waals surface area contributed by atoms with Crippen molar-refractivity contribution in [1.82, 2.24) is 4.98 Å². The van der Waals surface area contributed by atoms with Crippen LogP contribution in [-0.4, -0.2) is 29.4 Å². The number of hydrogen-bond acceptors (Lipinski definition) is 6. The van der Waals surface area contributed by atoms with Gasteiger partial charge in [-0.15, -0.1) is 0 Å². The molecule has 1 aromatic carbocycles. The number of rotatable bonds is 3. The van der Waals surface area contributed by atoms with Crippen LogP contribution in [0.5, 0.6) is 0 Å². The Morgan fingerprint density at radius 3 is 3.08 bits per heavy atom. The Bertz CT molecular complexity index is 853. The van der Waals surface area contributed by atoms with Crippen LogP contribution >= 0.6 is 0 Å². The van der Waals surface area contributed by atoms with E-state index in [0.717, 1.165) is 11.3 Å². The lowest BCUT2D eigenvalue weighted by Crippen LogP contribution is -2.30. The summed E-state index contributed by atoms with van der Waals surface area (Å²) < 4.78 is 12.6. The molecular weight excluding hydrogens is 306 g/mol. The van der Waals surface area contributed by atoms with Crippen LogP contribution < -0.4 is 16.4 Å². The summed E-state index contributed by atoms with van der Waals surface area (Å²) in [5.74, 6) is 0.490. The molecule has 0 bridgehead atoms. The van der Waals surface area contributed by atoms with Crippen LogP contribution in [-0.2, 0) is 4.74 Å². The Hall–Kier alpha value is -3.09. The molecular formula is C17H19N5O2. The number of nitrogen functional groups attached to an aromatic ring is 1. The van der Waals surface area contributed by atoms with Crippen LogP contribution in [0.1, 0.15) is 20.8 Å². The lowest BCUT2D eigenvalue weighted by atomic mass is 10.0. The third-order valence-corrected chi connectivity index (χ3v) is 3.54. The van der Waals surface area contributed by atoms with Gasteiger partial charge < -0.3 is 15.8 Å². The zero-order valence-electron chi connectivity index (χ0n) is 14.5. The summed E-state index contributed by atoms with van der Waals surface area (Å²) >= 11 is 0. The Morgan fingerprint density at radius 2 is 2.33 bits per heavy atom. The van der Waals surface area contributed by atoms with E-state index >= 15 is 0 Å². The molecule has 4 N–H and O–H groups in total. The molecule has 1 atom stereocenters.